The third kappa shape index (κ3) is 3.81. The summed E-state index contributed by atoms with van der Waals surface area (Å²) in [6, 6.07) is 0. The van der Waals surface area contributed by atoms with Gasteiger partial charge in [0.05, 0.1) is 12.0 Å². The molecule has 3 saturated carbocycles. The predicted octanol–water partition coefficient (Wildman–Crippen LogP) is 5.63. The van der Waals surface area contributed by atoms with Crippen molar-refractivity contribution >= 4 is 11.8 Å². The number of rotatable bonds is 6. The topological polar surface area (TPSA) is 74.6 Å². The lowest BCUT2D eigenvalue weighted by Gasteiger charge is -2.59. The number of carbonyl (C=O) groups is 2. The average molecular weight is 431 g/mol. The van der Waals surface area contributed by atoms with Gasteiger partial charge in [-0.3, -0.25) is 9.59 Å². The molecule has 0 aromatic rings. The zero-order valence-corrected chi connectivity index (χ0v) is 19.9. The first-order valence-electron chi connectivity index (χ1n) is 12.7. The second-order valence-corrected chi connectivity index (χ2v) is 12.0. The standard InChI is InChI=1S/C27H42O4/c1-16(6-5-7-17(2)25(30)31)20-8-9-21-24-22(11-13-27(20,21)4)26(3)12-10-19(28)14-18(26)15-23(24)29/h15-17,20-24,29H,5-14H2,1-4H3,(H,30,31)/t16-,17?,20-,21+,22+,23-,24+,26+,27-/m1/s1. The third-order valence-corrected chi connectivity index (χ3v) is 10.4. The molecule has 1 unspecified atom stereocenters. The SMILES string of the molecule is CC(CCC[C@@H](C)[C@H]1CC[C@H]2[C@@H]3[C@H](O)C=C4CC(=O)CC[C@]4(C)[C@H]3CC[C@]12C)C(=O)O. The Morgan fingerprint density at radius 3 is 2.58 bits per heavy atom. The largest absolute Gasteiger partial charge is 0.481 e. The van der Waals surface area contributed by atoms with Gasteiger partial charge in [0.2, 0.25) is 0 Å². The lowest BCUT2D eigenvalue weighted by molar-refractivity contribution is -0.141. The van der Waals surface area contributed by atoms with Crippen LogP contribution in [0.5, 0.6) is 0 Å². The van der Waals surface area contributed by atoms with Gasteiger partial charge < -0.3 is 10.2 Å². The zero-order chi connectivity index (χ0) is 22.6. The Labute approximate surface area is 187 Å². The maximum absolute atomic E-state index is 12.1. The molecule has 2 N–H and O–H groups in total. The number of aliphatic hydroxyl groups excluding tert-OH is 1. The van der Waals surface area contributed by atoms with Crippen molar-refractivity contribution in [1.82, 2.24) is 0 Å². The summed E-state index contributed by atoms with van der Waals surface area (Å²) in [7, 11) is 0. The Bertz CT molecular complexity index is 756. The number of hydrogen-bond acceptors (Lipinski definition) is 3. The van der Waals surface area contributed by atoms with Gasteiger partial charge in [-0.15, -0.1) is 0 Å². The highest BCUT2D eigenvalue weighted by atomic mass is 16.4. The summed E-state index contributed by atoms with van der Waals surface area (Å²) in [5.74, 6) is 2.04. The highest BCUT2D eigenvalue weighted by Gasteiger charge is 2.61. The monoisotopic (exact) mass is 430 g/mol. The van der Waals surface area contributed by atoms with Crippen molar-refractivity contribution in [2.45, 2.75) is 98.0 Å². The number of Topliss-reactive ketones (excluding diaryl/α,β-unsaturated/α-hetero) is 1. The molecule has 0 aromatic heterocycles. The number of carbonyl (C=O) groups excluding carboxylic acids is 1. The summed E-state index contributed by atoms with van der Waals surface area (Å²) in [4.78, 5) is 23.2. The van der Waals surface area contributed by atoms with Crippen molar-refractivity contribution in [1.29, 1.82) is 0 Å². The summed E-state index contributed by atoms with van der Waals surface area (Å²) >= 11 is 0. The second kappa shape index (κ2) is 8.32. The molecule has 0 spiro atoms. The summed E-state index contributed by atoms with van der Waals surface area (Å²) < 4.78 is 0. The van der Waals surface area contributed by atoms with E-state index in [1.165, 1.54) is 24.8 Å². The van der Waals surface area contributed by atoms with E-state index in [1.807, 2.05) is 6.92 Å². The lowest BCUT2D eigenvalue weighted by Crippen LogP contribution is -2.54. The normalized spacial score (nSPS) is 44.0. The van der Waals surface area contributed by atoms with Crippen molar-refractivity contribution in [3.8, 4) is 0 Å². The van der Waals surface area contributed by atoms with Gasteiger partial charge in [-0.2, -0.15) is 0 Å². The minimum absolute atomic E-state index is 0.0931. The molecule has 0 saturated heterocycles. The van der Waals surface area contributed by atoms with Gasteiger partial charge in [0.25, 0.3) is 0 Å². The van der Waals surface area contributed by atoms with Crippen LogP contribution < -0.4 is 0 Å². The zero-order valence-electron chi connectivity index (χ0n) is 19.9. The van der Waals surface area contributed by atoms with Crippen molar-refractivity contribution in [2.75, 3.05) is 0 Å². The first kappa shape index (κ1) is 23.0. The number of aliphatic carboxylic acids is 1. The average Bonchev–Trinajstić information content (AvgIpc) is 3.06. The Balaban J connectivity index is 1.49. The second-order valence-electron chi connectivity index (χ2n) is 12.0. The molecular weight excluding hydrogens is 388 g/mol. The molecule has 4 rings (SSSR count). The van der Waals surface area contributed by atoms with Crippen LogP contribution in [-0.2, 0) is 9.59 Å². The maximum Gasteiger partial charge on any atom is 0.306 e. The molecule has 9 atom stereocenters. The molecule has 0 heterocycles. The highest BCUT2D eigenvalue weighted by Crippen LogP contribution is 2.67. The molecule has 31 heavy (non-hydrogen) atoms. The van der Waals surface area contributed by atoms with Crippen molar-refractivity contribution in [3.63, 3.8) is 0 Å². The van der Waals surface area contributed by atoms with E-state index in [0.717, 1.165) is 32.1 Å². The Morgan fingerprint density at radius 1 is 1.13 bits per heavy atom. The molecular formula is C27H42O4. The minimum atomic E-state index is -0.685. The van der Waals surface area contributed by atoms with Crippen LogP contribution in [0, 0.1) is 46.3 Å². The summed E-state index contributed by atoms with van der Waals surface area (Å²) in [5.41, 5.74) is 1.58. The van der Waals surface area contributed by atoms with Gasteiger partial charge in [-0.25, -0.2) is 0 Å². The molecule has 0 radical (unpaired) electrons. The van der Waals surface area contributed by atoms with Crippen LogP contribution in [0.3, 0.4) is 0 Å². The Kier molecular flexibility index (Phi) is 6.17. The van der Waals surface area contributed by atoms with Crippen LogP contribution in [0.25, 0.3) is 0 Å². The summed E-state index contributed by atoms with van der Waals surface area (Å²) in [5, 5.41) is 20.4. The Hall–Kier alpha value is -1.16. The van der Waals surface area contributed by atoms with Crippen LogP contribution in [0.15, 0.2) is 11.6 Å². The predicted molar refractivity (Wildman–Crippen MR) is 121 cm³/mol. The summed E-state index contributed by atoms with van der Waals surface area (Å²) in [6.45, 7) is 9.04. The molecule has 0 amide bonds. The molecule has 174 valence electrons. The minimum Gasteiger partial charge on any atom is -0.481 e. The van der Waals surface area contributed by atoms with Crippen LogP contribution in [0.4, 0.5) is 0 Å². The van der Waals surface area contributed by atoms with Crippen molar-refractivity contribution in [3.05, 3.63) is 11.6 Å². The molecule has 0 aromatic carbocycles. The van der Waals surface area contributed by atoms with E-state index in [2.05, 4.69) is 26.8 Å². The number of carboxylic acid groups (broad SMARTS) is 1. The number of allylic oxidation sites excluding steroid dienone is 1. The van der Waals surface area contributed by atoms with Crippen LogP contribution in [0.2, 0.25) is 0 Å². The number of ketones is 1. The van der Waals surface area contributed by atoms with Crippen molar-refractivity contribution < 1.29 is 19.8 Å². The number of carboxylic acids is 1. The Morgan fingerprint density at radius 2 is 1.87 bits per heavy atom. The van der Waals surface area contributed by atoms with Crippen molar-refractivity contribution in [2.24, 2.45) is 46.3 Å². The van der Waals surface area contributed by atoms with Gasteiger partial charge in [0, 0.05) is 12.8 Å². The molecule has 4 nitrogen and oxygen atoms in total. The van der Waals surface area contributed by atoms with Crippen LogP contribution >= 0.6 is 0 Å². The first-order valence-corrected chi connectivity index (χ1v) is 12.7. The van der Waals surface area contributed by atoms with E-state index in [-0.39, 0.29) is 16.7 Å². The van der Waals surface area contributed by atoms with Gasteiger partial charge >= 0.3 is 5.97 Å². The molecule has 4 aliphatic carbocycles. The summed E-state index contributed by atoms with van der Waals surface area (Å²) in [6.07, 6.45) is 11.5. The molecule has 0 bridgehead atoms. The molecule has 0 aliphatic heterocycles. The quantitative estimate of drug-likeness (QED) is 0.535. The van der Waals surface area contributed by atoms with Gasteiger partial charge in [-0.05, 0) is 78.9 Å². The third-order valence-electron chi connectivity index (χ3n) is 10.4. The highest BCUT2D eigenvalue weighted by molar-refractivity contribution is 5.82. The fourth-order valence-corrected chi connectivity index (χ4v) is 8.51. The van der Waals surface area contributed by atoms with E-state index in [4.69, 9.17) is 5.11 Å². The van der Waals surface area contributed by atoms with Crippen LogP contribution in [-0.4, -0.2) is 28.1 Å². The number of fused-ring (bicyclic) bond motifs is 5. The first-order chi connectivity index (χ1) is 14.6. The lowest BCUT2D eigenvalue weighted by atomic mass is 9.46. The fourth-order valence-electron chi connectivity index (χ4n) is 8.51. The fraction of sp³-hybridized carbons (Fsp3) is 0.852. The van der Waals surface area contributed by atoms with E-state index in [0.29, 0.717) is 48.2 Å². The molecule has 4 heteroatoms. The van der Waals surface area contributed by atoms with Gasteiger partial charge in [0.15, 0.2) is 0 Å². The number of hydrogen-bond donors (Lipinski definition) is 2. The smallest absolute Gasteiger partial charge is 0.306 e. The maximum atomic E-state index is 12.1. The van der Waals surface area contributed by atoms with Gasteiger partial charge in [0.1, 0.15) is 5.78 Å². The molecule has 3 fully saturated rings. The number of aliphatic hydroxyl groups is 1. The van der Waals surface area contributed by atoms with E-state index >= 15 is 0 Å². The van der Waals surface area contributed by atoms with E-state index < -0.39 is 12.1 Å². The van der Waals surface area contributed by atoms with E-state index in [9.17, 15) is 14.7 Å². The molecule has 4 aliphatic rings. The van der Waals surface area contributed by atoms with E-state index in [1.54, 1.807) is 0 Å². The van der Waals surface area contributed by atoms with Gasteiger partial charge in [-0.1, -0.05) is 52.2 Å². The van der Waals surface area contributed by atoms with Crippen LogP contribution in [0.1, 0.15) is 91.9 Å².